The molecule has 0 heterocycles. The third-order valence-corrected chi connectivity index (χ3v) is 3.46. The summed E-state index contributed by atoms with van der Waals surface area (Å²) in [4.78, 5) is 35.4. The van der Waals surface area contributed by atoms with Gasteiger partial charge in [0.25, 0.3) is 5.91 Å². The van der Waals surface area contributed by atoms with Crippen LogP contribution in [-0.2, 0) is 19.1 Å². The number of benzene rings is 2. The molecule has 1 amide bonds. The minimum absolute atomic E-state index is 0.206. The fourth-order valence-electron chi connectivity index (χ4n) is 2.16. The number of anilines is 1. The lowest BCUT2D eigenvalue weighted by atomic mass is 10.2. The van der Waals surface area contributed by atoms with Crippen molar-refractivity contribution in [2.24, 2.45) is 0 Å². The molecule has 140 valence electrons. The van der Waals surface area contributed by atoms with Gasteiger partial charge in [0.15, 0.2) is 6.61 Å². The van der Waals surface area contributed by atoms with Crippen molar-refractivity contribution in [3.8, 4) is 5.75 Å². The highest BCUT2D eigenvalue weighted by atomic mass is 16.5. The fraction of sp³-hybridized carbons (Fsp3) is 0.150. The van der Waals surface area contributed by atoms with E-state index in [0.717, 1.165) is 5.56 Å². The number of hydrogen-bond acceptors (Lipinski definition) is 6. The van der Waals surface area contributed by atoms with Crippen LogP contribution in [0.2, 0.25) is 0 Å². The van der Waals surface area contributed by atoms with E-state index in [9.17, 15) is 14.4 Å². The normalized spacial score (nSPS) is 10.3. The van der Waals surface area contributed by atoms with Gasteiger partial charge < -0.3 is 19.5 Å². The monoisotopic (exact) mass is 369 g/mol. The van der Waals surface area contributed by atoms with Crippen molar-refractivity contribution in [3.05, 3.63) is 65.7 Å². The molecule has 2 rings (SSSR count). The highest BCUT2D eigenvalue weighted by Gasteiger charge is 2.13. The average Bonchev–Trinajstić information content (AvgIpc) is 2.70. The lowest BCUT2D eigenvalue weighted by Crippen LogP contribution is -2.21. The SMILES string of the molecule is COC(=O)c1ccccc1NC(=O)COC(=O)C=Cc1cccc(OC)c1. The number of esters is 2. The molecular formula is C20H19NO6. The molecule has 0 aliphatic rings. The third kappa shape index (κ3) is 6.00. The number of para-hydroxylation sites is 1. The van der Waals surface area contributed by atoms with Crippen LogP contribution in [0.25, 0.3) is 6.08 Å². The Kier molecular flexibility index (Phi) is 7.13. The molecule has 0 saturated heterocycles. The molecule has 0 aliphatic heterocycles. The predicted octanol–water partition coefficient (Wildman–Crippen LogP) is 2.68. The third-order valence-electron chi connectivity index (χ3n) is 3.46. The van der Waals surface area contributed by atoms with Gasteiger partial charge in [-0.2, -0.15) is 0 Å². The maximum absolute atomic E-state index is 12.0. The Hall–Kier alpha value is -3.61. The number of hydrogen-bond donors (Lipinski definition) is 1. The maximum Gasteiger partial charge on any atom is 0.339 e. The smallest absolute Gasteiger partial charge is 0.339 e. The summed E-state index contributed by atoms with van der Waals surface area (Å²) in [6, 6.07) is 13.5. The first kappa shape index (κ1) is 19.7. The molecule has 27 heavy (non-hydrogen) atoms. The van der Waals surface area contributed by atoms with Crippen molar-refractivity contribution < 1.29 is 28.6 Å². The molecule has 0 aliphatic carbocycles. The Bertz CT molecular complexity index is 859. The first-order chi connectivity index (χ1) is 13.0. The van der Waals surface area contributed by atoms with Gasteiger partial charge in [0, 0.05) is 6.08 Å². The summed E-state index contributed by atoms with van der Waals surface area (Å²) in [5.74, 6) is -1.16. The van der Waals surface area contributed by atoms with Gasteiger partial charge in [-0.3, -0.25) is 4.79 Å². The van der Waals surface area contributed by atoms with E-state index in [1.165, 1.54) is 19.3 Å². The maximum atomic E-state index is 12.0. The summed E-state index contributed by atoms with van der Waals surface area (Å²) >= 11 is 0. The fourth-order valence-corrected chi connectivity index (χ4v) is 2.16. The van der Waals surface area contributed by atoms with Crippen LogP contribution in [0.3, 0.4) is 0 Å². The Labute approximate surface area is 156 Å². The first-order valence-corrected chi connectivity index (χ1v) is 7.99. The summed E-state index contributed by atoms with van der Waals surface area (Å²) < 4.78 is 14.6. The van der Waals surface area contributed by atoms with Crippen LogP contribution >= 0.6 is 0 Å². The van der Waals surface area contributed by atoms with E-state index < -0.39 is 24.5 Å². The topological polar surface area (TPSA) is 90.9 Å². The Morgan fingerprint density at radius 3 is 2.56 bits per heavy atom. The minimum Gasteiger partial charge on any atom is -0.497 e. The molecule has 0 unspecified atom stereocenters. The lowest BCUT2D eigenvalue weighted by molar-refractivity contribution is -0.142. The molecule has 0 spiro atoms. The standard InChI is InChI=1S/C20H19NO6/c1-25-15-7-5-6-14(12-15)10-11-19(23)27-13-18(22)21-17-9-4-3-8-16(17)20(24)26-2/h3-12H,13H2,1-2H3,(H,21,22). The van der Waals surface area contributed by atoms with Gasteiger partial charge in [-0.15, -0.1) is 0 Å². The first-order valence-electron chi connectivity index (χ1n) is 7.99. The van der Waals surface area contributed by atoms with Gasteiger partial charge >= 0.3 is 11.9 Å². The van der Waals surface area contributed by atoms with Crippen molar-refractivity contribution in [1.29, 1.82) is 0 Å². The molecular weight excluding hydrogens is 350 g/mol. The number of carbonyl (C=O) groups excluding carboxylic acids is 3. The van der Waals surface area contributed by atoms with E-state index in [-0.39, 0.29) is 11.3 Å². The molecule has 0 radical (unpaired) electrons. The van der Waals surface area contributed by atoms with E-state index in [1.807, 2.05) is 0 Å². The van der Waals surface area contributed by atoms with Crippen LogP contribution in [-0.4, -0.2) is 38.7 Å². The average molecular weight is 369 g/mol. The predicted molar refractivity (Wildman–Crippen MR) is 99.4 cm³/mol. The zero-order valence-corrected chi connectivity index (χ0v) is 14.9. The summed E-state index contributed by atoms with van der Waals surface area (Å²) in [7, 11) is 2.80. The van der Waals surface area contributed by atoms with Gasteiger partial charge in [-0.1, -0.05) is 24.3 Å². The Morgan fingerprint density at radius 1 is 1.04 bits per heavy atom. The van der Waals surface area contributed by atoms with E-state index in [1.54, 1.807) is 55.7 Å². The summed E-state index contributed by atoms with van der Waals surface area (Å²) in [5, 5.41) is 2.51. The second-order valence-electron chi connectivity index (χ2n) is 5.30. The molecule has 0 fully saturated rings. The van der Waals surface area contributed by atoms with Gasteiger partial charge in [-0.05, 0) is 35.9 Å². The Balaban J connectivity index is 1.89. The van der Waals surface area contributed by atoms with Crippen LogP contribution in [0.1, 0.15) is 15.9 Å². The van der Waals surface area contributed by atoms with Gasteiger partial charge in [0.2, 0.25) is 0 Å². The van der Waals surface area contributed by atoms with Crippen molar-refractivity contribution >= 4 is 29.6 Å². The second kappa shape index (κ2) is 9.76. The molecule has 0 atom stereocenters. The van der Waals surface area contributed by atoms with Gasteiger partial charge in [0.05, 0.1) is 25.5 Å². The quantitative estimate of drug-likeness (QED) is 0.596. The molecule has 2 aromatic carbocycles. The van der Waals surface area contributed by atoms with Crippen LogP contribution in [0.15, 0.2) is 54.6 Å². The van der Waals surface area contributed by atoms with E-state index in [2.05, 4.69) is 10.1 Å². The number of nitrogens with one attached hydrogen (secondary N) is 1. The summed E-state index contributed by atoms with van der Waals surface area (Å²) in [6.07, 6.45) is 2.76. The van der Waals surface area contributed by atoms with Crippen molar-refractivity contribution in [1.82, 2.24) is 0 Å². The van der Waals surface area contributed by atoms with Crippen LogP contribution in [0.5, 0.6) is 5.75 Å². The van der Waals surface area contributed by atoms with Crippen molar-refractivity contribution in [3.63, 3.8) is 0 Å². The van der Waals surface area contributed by atoms with Crippen LogP contribution in [0, 0.1) is 0 Å². The van der Waals surface area contributed by atoms with Crippen LogP contribution in [0.4, 0.5) is 5.69 Å². The molecule has 7 heteroatoms. The lowest BCUT2D eigenvalue weighted by Gasteiger charge is -2.09. The summed E-state index contributed by atoms with van der Waals surface area (Å²) in [6.45, 7) is -0.489. The number of ether oxygens (including phenoxy) is 3. The molecule has 0 aromatic heterocycles. The number of carbonyl (C=O) groups is 3. The van der Waals surface area contributed by atoms with E-state index >= 15 is 0 Å². The van der Waals surface area contributed by atoms with Crippen molar-refractivity contribution in [2.45, 2.75) is 0 Å². The minimum atomic E-state index is -0.672. The van der Waals surface area contributed by atoms with E-state index in [0.29, 0.717) is 5.75 Å². The summed E-state index contributed by atoms with van der Waals surface area (Å²) in [5.41, 5.74) is 1.23. The van der Waals surface area contributed by atoms with Gasteiger partial charge in [0.1, 0.15) is 5.75 Å². The Morgan fingerprint density at radius 2 is 1.81 bits per heavy atom. The number of rotatable bonds is 7. The van der Waals surface area contributed by atoms with Crippen molar-refractivity contribution in [2.75, 3.05) is 26.1 Å². The second-order valence-corrected chi connectivity index (χ2v) is 5.30. The largest absolute Gasteiger partial charge is 0.497 e. The highest BCUT2D eigenvalue weighted by Crippen LogP contribution is 2.16. The molecule has 0 saturated carbocycles. The van der Waals surface area contributed by atoms with E-state index in [4.69, 9.17) is 9.47 Å². The zero-order chi connectivity index (χ0) is 19.6. The molecule has 0 bridgehead atoms. The van der Waals surface area contributed by atoms with Gasteiger partial charge in [-0.25, -0.2) is 9.59 Å². The number of methoxy groups -OCH3 is 2. The molecule has 2 aromatic rings. The zero-order valence-electron chi connectivity index (χ0n) is 14.9. The molecule has 1 N–H and O–H groups in total. The molecule has 7 nitrogen and oxygen atoms in total. The highest BCUT2D eigenvalue weighted by molar-refractivity contribution is 6.02. The van der Waals surface area contributed by atoms with Crippen LogP contribution < -0.4 is 10.1 Å². The number of amides is 1.